The average Bonchev–Trinajstić information content (AvgIpc) is 2.26. The van der Waals surface area contributed by atoms with E-state index < -0.39 is 21.2 Å². The van der Waals surface area contributed by atoms with Crippen molar-refractivity contribution in [2.75, 3.05) is 12.8 Å². The van der Waals surface area contributed by atoms with Gasteiger partial charge in [0.1, 0.15) is 5.25 Å². The highest BCUT2D eigenvalue weighted by Crippen LogP contribution is 2.22. The SMILES string of the molecule is CC(O)CC1CCCCN1C(=O)C(C)S(C)(=O)=O. The van der Waals surface area contributed by atoms with Gasteiger partial charge in [-0.05, 0) is 39.5 Å². The van der Waals surface area contributed by atoms with Crippen LogP contribution in [0.25, 0.3) is 0 Å². The Hall–Kier alpha value is -0.620. The lowest BCUT2D eigenvalue weighted by atomic mass is 9.97. The largest absolute Gasteiger partial charge is 0.393 e. The Labute approximate surface area is 109 Å². The first-order chi connectivity index (χ1) is 8.23. The van der Waals surface area contributed by atoms with E-state index >= 15 is 0 Å². The van der Waals surface area contributed by atoms with Crippen molar-refractivity contribution in [1.29, 1.82) is 0 Å². The van der Waals surface area contributed by atoms with Crippen LogP contribution in [0.2, 0.25) is 0 Å². The molecule has 1 amide bonds. The number of nitrogens with zero attached hydrogens (tertiary/aromatic N) is 1. The maximum absolute atomic E-state index is 12.2. The standard InChI is InChI=1S/C12H23NO4S/c1-9(14)8-11-6-4-5-7-13(11)12(15)10(2)18(3,16)17/h9-11,14H,4-8H2,1-3H3. The molecular weight excluding hydrogens is 254 g/mol. The van der Waals surface area contributed by atoms with Gasteiger partial charge in [0, 0.05) is 18.8 Å². The molecule has 0 aromatic heterocycles. The number of aliphatic hydroxyl groups is 1. The fourth-order valence-corrected chi connectivity index (χ4v) is 2.85. The minimum Gasteiger partial charge on any atom is -0.393 e. The molecule has 1 saturated heterocycles. The third-order valence-electron chi connectivity index (χ3n) is 3.51. The summed E-state index contributed by atoms with van der Waals surface area (Å²) >= 11 is 0. The summed E-state index contributed by atoms with van der Waals surface area (Å²) in [5.74, 6) is -0.331. The van der Waals surface area contributed by atoms with Gasteiger partial charge in [0.05, 0.1) is 6.10 Å². The van der Waals surface area contributed by atoms with Gasteiger partial charge in [0.25, 0.3) is 0 Å². The molecule has 0 aromatic rings. The molecule has 106 valence electrons. The predicted molar refractivity (Wildman–Crippen MR) is 70.0 cm³/mol. The highest BCUT2D eigenvalue weighted by atomic mass is 32.2. The molecule has 0 bridgehead atoms. The Morgan fingerprint density at radius 3 is 2.50 bits per heavy atom. The van der Waals surface area contributed by atoms with Crippen molar-refractivity contribution in [3.05, 3.63) is 0 Å². The van der Waals surface area contributed by atoms with E-state index in [1.807, 2.05) is 0 Å². The van der Waals surface area contributed by atoms with Crippen molar-refractivity contribution in [1.82, 2.24) is 4.90 Å². The summed E-state index contributed by atoms with van der Waals surface area (Å²) in [6.07, 6.45) is 3.89. The number of amides is 1. The summed E-state index contributed by atoms with van der Waals surface area (Å²) in [6, 6.07) is -0.0320. The van der Waals surface area contributed by atoms with Crippen LogP contribution >= 0.6 is 0 Å². The zero-order valence-electron chi connectivity index (χ0n) is 11.3. The highest BCUT2D eigenvalue weighted by Gasteiger charge is 2.34. The van der Waals surface area contributed by atoms with Crippen LogP contribution in [0.1, 0.15) is 39.5 Å². The van der Waals surface area contributed by atoms with Gasteiger partial charge in [-0.1, -0.05) is 0 Å². The first-order valence-electron chi connectivity index (χ1n) is 6.41. The average molecular weight is 277 g/mol. The van der Waals surface area contributed by atoms with Crippen molar-refractivity contribution >= 4 is 15.7 Å². The molecule has 1 N–H and O–H groups in total. The summed E-state index contributed by atoms with van der Waals surface area (Å²) in [5.41, 5.74) is 0. The van der Waals surface area contributed by atoms with Crippen LogP contribution < -0.4 is 0 Å². The second kappa shape index (κ2) is 6.02. The Balaban J connectivity index is 2.80. The molecule has 1 rings (SSSR count). The minimum absolute atomic E-state index is 0.0320. The molecular formula is C12H23NO4S. The summed E-state index contributed by atoms with van der Waals surface area (Å²) in [4.78, 5) is 13.8. The number of piperidine rings is 1. The van der Waals surface area contributed by atoms with Gasteiger partial charge in [-0.15, -0.1) is 0 Å². The maximum atomic E-state index is 12.2. The van der Waals surface area contributed by atoms with Gasteiger partial charge in [-0.25, -0.2) is 8.42 Å². The Kier molecular flexibility index (Phi) is 5.16. The van der Waals surface area contributed by atoms with Gasteiger partial charge < -0.3 is 10.0 Å². The number of carbonyl (C=O) groups is 1. The van der Waals surface area contributed by atoms with Crippen LogP contribution in [-0.4, -0.2) is 54.5 Å². The first-order valence-corrected chi connectivity index (χ1v) is 8.36. The van der Waals surface area contributed by atoms with Gasteiger partial charge in [-0.3, -0.25) is 4.79 Å². The van der Waals surface area contributed by atoms with Crippen molar-refractivity contribution in [3.8, 4) is 0 Å². The van der Waals surface area contributed by atoms with Gasteiger partial charge >= 0.3 is 0 Å². The molecule has 18 heavy (non-hydrogen) atoms. The molecule has 0 aliphatic carbocycles. The van der Waals surface area contributed by atoms with Crippen LogP contribution in [0.4, 0.5) is 0 Å². The molecule has 5 nitrogen and oxygen atoms in total. The molecule has 0 spiro atoms. The van der Waals surface area contributed by atoms with Crippen LogP contribution in [0.15, 0.2) is 0 Å². The summed E-state index contributed by atoms with van der Waals surface area (Å²) in [5, 5.41) is 8.45. The number of carbonyl (C=O) groups excluding carboxylic acids is 1. The second-order valence-electron chi connectivity index (χ2n) is 5.24. The van der Waals surface area contributed by atoms with E-state index in [1.165, 1.54) is 6.92 Å². The lowest BCUT2D eigenvalue weighted by Gasteiger charge is -2.37. The molecule has 0 saturated carbocycles. The minimum atomic E-state index is -3.36. The summed E-state index contributed by atoms with van der Waals surface area (Å²) in [6.45, 7) is 3.72. The quantitative estimate of drug-likeness (QED) is 0.815. The highest BCUT2D eigenvalue weighted by molar-refractivity contribution is 7.92. The van der Waals surface area contributed by atoms with E-state index in [4.69, 9.17) is 0 Å². The maximum Gasteiger partial charge on any atom is 0.240 e. The van der Waals surface area contributed by atoms with Crippen LogP contribution in [0.3, 0.4) is 0 Å². The van der Waals surface area contributed by atoms with E-state index in [0.29, 0.717) is 13.0 Å². The van der Waals surface area contributed by atoms with Crippen LogP contribution in [0.5, 0.6) is 0 Å². The number of likely N-dealkylation sites (tertiary alicyclic amines) is 1. The summed E-state index contributed by atoms with van der Waals surface area (Å²) in [7, 11) is -3.36. The Morgan fingerprint density at radius 2 is 2.00 bits per heavy atom. The summed E-state index contributed by atoms with van der Waals surface area (Å²) < 4.78 is 22.9. The molecule has 0 radical (unpaired) electrons. The molecule has 3 unspecified atom stereocenters. The van der Waals surface area contributed by atoms with Crippen molar-refractivity contribution < 1.29 is 18.3 Å². The molecule has 1 aliphatic heterocycles. The van der Waals surface area contributed by atoms with Crippen molar-refractivity contribution in [2.24, 2.45) is 0 Å². The van der Waals surface area contributed by atoms with Crippen molar-refractivity contribution in [3.63, 3.8) is 0 Å². The fraction of sp³-hybridized carbons (Fsp3) is 0.917. The number of hydrogen-bond acceptors (Lipinski definition) is 4. The van der Waals surface area contributed by atoms with E-state index in [-0.39, 0.29) is 11.9 Å². The predicted octanol–water partition coefficient (Wildman–Crippen LogP) is 0.572. The zero-order valence-corrected chi connectivity index (χ0v) is 12.1. The van der Waals surface area contributed by atoms with Crippen LogP contribution in [0, 0.1) is 0 Å². The smallest absolute Gasteiger partial charge is 0.240 e. The third-order valence-corrected chi connectivity index (χ3v) is 5.00. The van der Waals surface area contributed by atoms with Gasteiger partial charge in [0.2, 0.25) is 5.91 Å². The molecule has 1 heterocycles. The zero-order chi connectivity index (χ0) is 13.9. The fourth-order valence-electron chi connectivity index (χ4n) is 2.35. The number of sulfone groups is 1. The molecule has 1 aliphatic rings. The topological polar surface area (TPSA) is 74.7 Å². The Morgan fingerprint density at radius 1 is 1.39 bits per heavy atom. The molecule has 1 fully saturated rings. The number of rotatable bonds is 4. The molecule has 6 heteroatoms. The lowest BCUT2D eigenvalue weighted by Crippen LogP contribution is -2.50. The normalized spacial score (nSPS) is 24.7. The van der Waals surface area contributed by atoms with E-state index in [9.17, 15) is 18.3 Å². The Bertz CT molecular complexity index is 391. The van der Waals surface area contributed by atoms with Gasteiger partial charge in [0.15, 0.2) is 9.84 Å². The lowest BCUT2D eigenvalue weighted by molar-refractivity contribution is -0.134. The van der Waals surface area contributed by atoms with Gasteiger partial charge in [-0.2, -0.15) is 0 Å². The first kappa shape index (κ1) is 15.4. The monoisotopic (exact) mass is 277 g/mol. The van der Waals surface area contributed by atoms with Crippen molar-refractivity contribution in [2.45, 2.75) is 56.9 Å². The third kappa shape index (κ3) is 3.95. The van der Waals surface area contributed by atoms with Crippen LogP contribution in [-0.2, 0) is 14.6 Å². The molecule has 3 atom stereocenters. The number of hydrogen-bond donors (Lipinski definition) is 1. The number of aliphatic hydroxyl groups excluding tert-OH is 1. The van der Waals surface area contributed by atoms with E-state index in [1.54, 1.807) is 11.8 Å². The second-order valence-corrected chi connectivity index (χ2v) is 7.60. The van der Waals surface area contributed by atoms with E-state index in [0.717, 1.165) is 25.5 Å². The van der Waals surface area contributed by atoms with E-state index in [2.05, 4.69) is 0 Å². The molecule has 0 aromatic carbocycles.